The molecule has 0 saturated carbocycles. The maximum absolute atomic E-state index is 5.59. The summed E-state index contributed by atoms with van der Waals surface area (Å²) in [4.78, 5) is 0. The van der Waals surface area contributed by atoms with Crippen molar-refractivity contribution in [3.63, 3.8) is 0 Å². The largest absolute Gasteiger partial charge is 0.271 e. The van der Waals surface area contributed by atoms with E-state index >= 15 is 0 Å². The zero-order valence-electron chi connectivity index (χ0n) is 9.85. The Kier molecular flexibility index (Phi) is 5.57. The number of nitrogens with two attached hydrogens (primary N) is 1. The molecule has 0 amide bonds. The molecular weight excluding hydrogens is 160 g/mol. The zero-order chi connectivity index (χ0) is 10.5. The molecule has 0 aliphatic rings. The van der Waals surface area contributed by atoms with E-state index < -0.39 is 0 Å². The van der Waals surface area contributed by atoms with Crippen LogP contribution in [0.2, 0.25) is 0 Å². The topological polar surface area (TPSA) is 38.0 Å². The summed E-state index contributed by atoms with van der Waals surface area (Å²) in [6.45, 7) is 11.3. The average molecular weight is 186 g/mol. The molecule has 0 aromatic rings. The molecule has 80 valence electrons. The third-order valence-electron chi connectivity index (χ3n) is 3.39. The highest BCUT2D eigenvalue weighted by Gasteiger charge is 2.27. The fourth-order valence-electron chi connectivity index (χ4n) is 1.43. The van der Waals surface area contributed by atoms with E-state index in [0.29, 0.717) is 11.5 Å². The summed E-state index contributed by atoms with van der Waals surface area (Å²) in [5.41, 5.74) is 3.26. The second kappa shape index (κ2) is 5.61. The van der Waals surface area contributed by atoms with Gasteiger partial charge in [0.15, 0.2) is 0 Å². The summed E-state index contributed by atoms with van der Waals surface area (Å²) in [6, 6.07) is 0.437. The van der Waals surface area contributed by atoms with Crippen LogP contribution in [0.25, 0.3) is 0 Å². The maximum atomic E-state index is 5.59. The lowest BCUT2D eigenvalue weighted by atomic mass is 9.78. The molecule has 2 heteroatoms. The molecule has 2 unspecified atom stereocenters. The van der Waals surface area contributed by atoms with E-state index in [2.05, 4.69) is 40.0 Å². The molecule has 0 heterocycles. The standard InChI is InChI=1S/C11H26N2/c1-6-9(3)8-10(13-12)11(4,5)7-2/h9-10,13H,6-8,12H2,1-5H3. The summed E-state index contributed by atoms with van der Waals surface area (Å²) in [6.07, 6.45) is 3.57. The number of rotatable bonds is 6. The first-order valence-electron chi connectivity index (χ1n) is 5.44. The molecule has 0 aliphatic heterocycles. The Morgan fingerprint density at radius 1 is 1.31 bits per heavy atom. The van der Waals surface area contributed by atoms with E-state index in [1.807, 2.05) is 0 Å². The molecule has 2 atom stereocenters. The molecule has 13 heavy (non-hydrogen) atoms. The van der Waals surface area contributed by atoms with Crippen molar-refractivity contribution in [2.75, 3.05) is 0 Å². The van der Waals surface area contributed by atoms with Gasteiger partial charge in [0.2, 0.25) is 0 Å². The number of hydrogen-bond donors (Lipinski definition) is 2. The van der Waals surface area contributed by atoms with Gasteiger partial charge in [-0.2, -0.15) is 0 Å². The molecule has 0 aliphatic carbocycles. The molecule has 2 nitrogen and oxygen atoms in total. The van der Waals surface area contributed by atoms with Crippen LogP contribution in [0, 0.1) is 11.3 Å². The van der Waals surface area contributed by atoms with E-state index in [4.69, 9.17) is 5.84 Å². The molecule has 0 rings (SSSR count). The first-order chi connectivity index (χ1) is 5.97. The fourth-order valence-corrected chi connectivity index (χ4v) is 1.43. The first-order valence-corrected chi connectivity index (χ1v) is 5.44. The van der Waals surface area contributed by atoms with E-state index in [1.54, 1.807) is 0 Å². The molecule has 3 N–H and O–H groups in total. The Morgan fingerprint density at radius 2 is 1.85 bits per heavy atom. The van der Waals surface area contributed by atoms with E-state index in [1.165, 1.54) is 12.8 Å². The van der Waals surface area contributed by atoms with Crippen LogP contribution in [0.4, 0.5) is 0 Å². The monoisotopic (exact) mass is 186 g/mol. The fraction of sp³-hybridized carbons (Fsp3) is 1.00. The summed E-state index contributed by atoms with van der Waals surface area (Å²) in [5.74, 6) is 6.34. The van der Waals surface area contributed by atoms with Crippen LogP contribution in [0.3, 0.4) is 0 Å². The zero-order valence-corrected chi connectivity index (χ0v) is 9.85. The van der Waals surface area contributed by atoms with Crippen LogP contribution in [0.1, 0.15) is 53.9 Å². The minimum Gasteiger partial charge on any atom is -0.271 e. The van der Waals surface area contributed by atoms with Gasteiger partial charge in [0.05, 0.1) is 0 Å². The second-order valence-electron chi connectivity index (χ2n) is 4.81. The molecule has 0 radical (unpaired) electrons. The Hall–Kier alpha value is -0.0800. The third-order valence-corrected chi connectivity index (χ3v) is 3.39. The highest BCUT2D eigenvalue weighted by atomic mass is 15.2. The molecule has 0 aromatic carbocycles. The van der Waals surface area contributed by atoms with Crippen LogP contribution in [-0.4, -0.2) is 6.04 Å². The van der Waals surface area contributed by atoms with Gasteiger partial charge in [0, 0.05) is 6.04 Å². The van der Waals surface area contributed by atoms with Gasteiger partial charge in [0.1, 0.15) is 0 Å². The molecule has 0 aromatic heterocycles. The molecular formula is C11H26N2. The highest BCUT2D eigenvalue weighted by molar-refractivity contribution is 4.82. The van der Waals surface area contributed by atoms with Gasteiger partial charge in [-0.15, -0.1) is 0 Å². The van der Waals surface area contributed by atoms with E-state index in [-0.39, 0.29) is 0 Å². The van der Waals surface area contributed by atoms with Crippen molar-refractivity contribution in [1.29, 1.82) is 0 Å². The Labute approximate surface area is 83.2 Å². The normalized spacial score (nSPS) is 17.1. The van der Waals surface area contributed by atoms with E-state index in [9.17, 15) is 0 Å². The van der Waals surface area contributed by atoms with Crippen LogP contribution in [0.5, 0.6) is 0 Å². The summed E-state index contributed by atoms with van der Waals surface area (Å²) < 4.78 is 0. The van der Waals surface area contributed by atoms with Crippen LogP contribution < -0.4 is 11.3 Å². The first kappa shape index (κ1) is 12.9. The maximum Gasteiger partial charge on any atom is 0.0264 e. The van der Waals surface area contributed by atoms with Crippen molar-refractivity contribution in [2.24, 2.45) is 17.2 Å². The molecule has 0 bridgehead atoms. The summed E-state index contributed by atoms with van der Waals surface area (Å²) in [5, 5.41) is 0. The SMILES string of the molecule is CCC(C)CC(NN)C(C)(C)CC. The van der Waals surface area contributed by atoms with Gasteiger partial charge in [-0.3, -0.25) is 11.3 Å². The minimum atomic E-state index is 0.304. The smallest absolute Gasteiger partial charge is 0.0264 e. The minimum absolute atomic E-state index is 0.304. The Bertz CT molecular complexity index is 132. The third kappa shape index (κ3) is 4.10. The number of hydrogen-bond acceptors (Lipinski definition) is 2. The average Bonchev–Trinajstić information content (AvgIpc) is 2.13. The van der Waals surface area contributed by atoms with Crippen molar-refractivity contribution in [1.82, 2.24) is 5.43 Å². The molecule has 0 fully saturated rings. The predicted octanol–water partition coefficient (Wildman–Crippen LogP) is 2.69. The van der Waals surface area contributed by atoms with Gasteiger partial charge in [-0.25, -0.2) is 0 Å². The van der Waals surface area contributed by atoms with Crippen molar-refractivity contribution >= 4 is 0 Å². The molecule has 0 spiro atoms. The second-order valence-corrected chi connectivity index (χ2v) is 4.81. The number of hydrazine groups is 1. The van der Waals surface area contributed by atoms with Crippen molar-refractivity contribution in [3.8, 4) is 0 Å². The van der Waals surface area contributed by atoms with Gasteiger partial charge < -0.3 is 0 Å². The predicted molar refractivity (Wildman–Crippen MR) is 59.3 cm³/mol. The van der Waals surface area contributed by atoms with Crippen molar-refractivity contribution in [2.45, 2.75) is 59.9 Å². The highest BCUT2D eigenvalue weighted by Crippen LogP contribution is 2.29. The quantitative estimate of drug-likeness (QED) is 0.494. The van der Waals surface area contributed by atoms with Crippen molar-refractivity contribution in [3.05, 3.63) is 0 Å². The Morgan fingerprint density at radius 3 is 2.15 bits per heavy atom. The van der Waals surface area contributed by atoms with Gasteiger partial charge in [0.25, 0.3) is 0 Å². The van der Waals surface area contributed by atoms with Gasteiger partial charge >= 0.3 is 0 Å². The summed E-state index contributed by atoms with van der Waals surface area (Å²) in [7, 11) is 0. The lowest BCUT2D eigenvalue weighted by molar-refractivity contribution is 0.200. The Balaban J connectivity index is 4.17. The van der Waals surface area contributed by atoms with Gasteiger partial charge in [-0.05, 0) is 24.2 Å². The molecule has 0 saturated heterocycles. The van der Waals surface area contributed by atoms with Crippen LogP contribution >= 0.6 is 0 Å². The lowest BCUT2D eigenvalue weighted by Crippen LogP contribution is -2.46. The van der Waals surface area contributed by atoms with Crippen molar-refractivity contribution < 1.29 is 0 Å². The summed E-state index contributed by atoms with van der Waals surface area (Å²) >= 11 is 0. The van der Waals surface area contributed by atoms with Gasteiger partial charge in [-0.1, -0.05) is 41.0 Å². The van der Waals surface area contributed by atoms with E-state index in [0.717, 1.165) is 12.3 Å². The van der Waals surface area contributed by atoms with Crippen LogP contribution in [-0.2, 0) is 0 Å². The van der Waals surface area contributed by atoms with Crippen LogP contribution in [0.15, 0.2) is 0 Å². The lowest BCUT2D eigenvalue weighted by Gasteiger charge is -2.34. The number of nitrogens with one attached hydrogen (secondary N) is 1.